The minimum Gasteiger partial charge on any atom is -0.377 e. The second-order valence-electron chi connectivity index (χ2n) is 6.03. The van der Waals surface area contributed by atoms with Crippen LogP contribution >= 0.6 is 11.3 Å². The number of hydrazone groups is 1. The van der Waals surface area contributed by atoms with E-state index in [4.69, 9.17) is 4.74 Å². The summed E-state index contributed by atoms with van der Waals surface area (Å²) in [5.41, 5.74) is 6.09. The van der Waals surface area contributed by atoms with Crippen molar-refractivity contribution >= 4 is 22.7 Å². The van der Waals surface area contributed by atoms with Crippen molar-refractivity contribution in [1.29, 1.82) is 0 Å². The van der Waals surface area contributed by atoms with Crippen molar-refractivity contribution in [3.63, 3.8) is 0 Å². The lowest BCUT2D eigenvalue weighted by Crippen LogP contribution is -1.99. The molecule has 0 spiro atoms. The summed E-state index contributed by atoms with van der Waals surface area (Å²) in [4.78, 5) is 4.50. The Morgan fingerprint density at radius 2 is 2.07 bits per heavy atom. The summed E-state index contributed by atoms with van der Waals surface area (Å²) in [6.07, 6.45) is 3.63. The molecule has 140 valence electrons. The molecule has 0 aliphatic carbocycles. The Kier molecular flexibility index (Phi) is 7.07. The molecule has 0 saturated carbocycles. The Balaban J connectivity index is 1.55. The third-order valence-electron chi connectivity index (χ3n) is 3.92. The summed E-state index contributed by atoms with van der Waals surface area (Å²) in [7, 11) is 0. The van der Waals surface area contributed by atoms with Gasteiger partial charge < -0.3 is 4.74 Å². The van der Waals surface area contributed by atoms with Gasteiger partial charge >= 0.3 is 0 Å². The van der Waals surface area contributed by atoms with Gasteiger partial charge in [0, 0.05) is 23.1 Å². The number of nitrogens with one attached hydrogen (secondary N) is 1. The van der Waals surface area contributed by atoms with Crippen molar-refractivity contribution in [2.24, 2.45) is 5.10 Å². The molecular weight excluding hydrogens is 361 g/mol. The van der Waals surface area contributed by atoms with Gasteiger partial charge in [0.15, 0.2) is 0 Å². The highest BCUT2D eigenvalue weighted by Crippen LogP contribution is 2.24. The van der Waals surface area contributed by atoms with Crippen molar-refractivity contribution < 1.29 is 9.13 Å². The summed E-state index contributed by atoms with van der Waals surface area (Å²) in [6.45, 7) is 3.05. The number of aromatic nitrogens is 1. The first-order valence-electron chi connectivity index (χ1n) is 8.92. The van der Waals surface area contributed by atoms with Crippen LogP contribution in [0.2, 0.25) is 0 Å². The first-order chi connectivity index (χ1) is 13.3. The number of thiazole rings is 1. The summed E-state index contributed by atoms with van der Waals surface area (Å²) >= 11 is 1.47. The van der Waals surface area contributed by atoms with Crippen LogP contribution in [0.1, 0.15) is 30.9 Å². The molecule has 0 radical (unpaired) electrons. The molecule has 1 N–H and O–H groups in total. The van der Waals surface area contributed by atoms with Crippen LogP contribution in [-0.4, -0.2) is 17.8 Å². The molecular formula is C21H22FN3OS. The molecule has 0 fully saturated rings. The van der Waals surface area contributed by atoms with Crippen LogP contribution in [0.5, 0.6) is 0 Å². The molecule has 4 nitrogen and oxygen atoms in total. The Labute approximate surface area is 162 Å². The largest absolute Gasteiger partial charge is 0.377 e. The maximum Gasteiger partial charge on any atom is 0.203 e. The molecule has 0 unspecified atom stereocenters. The number of rotatable bonds is 9. The minimum atomic E-state index is -0.281. The highest BCUT2D eigenvalue weighted by atomic mass is 32.1. The van der Waals surface area contributed by atoms with Crippen LogP contribution < -0.4 is 5.43 Å². The fourth-order valence-corrected chi connectivity index (χ4v) is 3.09. The molecule has 0 aliphatic rings. The minimum absolute atomic E-state index is 0.281. The average Bonchev–Trinajstić information content (AvgIpc) is 3.16. The third-order valence-corrected chi connectivity index (χ3v) is 4.67. The molecule has 1 aromatic heterocycles. The molecule has 1 heterocycles. The summed E-state index contributed by atoms with van der Waals surface area (Å²) < 4.78 is 19.6. The van der Waals surface area contributed by atoms with Crippen molar-refractivity contribution in [3.8, 4) is 11.3 Å². The zero-order valence-corrected chi connectivity index (χ0v) is 16.0. The van der Waals surface area contributed by atoms with E-state index in [1.807, 2.05) is 41.8 Å². The van der Waals surface area contributed by atoms with Crippen molar-refractivity contribution in [2.45, 2.75) is 26.4 Å². The number of unbranched alkanes of at least 4 members (excludes halogenated alkanes) is 1. The van der Waals surface area contributed by atoms with Gasteiger partial charge in [-0.05, 0) is 18.1 Å². The van der Waals surface area contributed by atoms with Gasteiger partial charge in [0.2, 0.25) is 5.13 Å². The number of hydrogen-bond acceptors (Lipinski definition) is 5. The van der Waals surface area contributed by atoms with Crippen LogP contribution in [-0.2, 0) is 11.3 Å². The van der Waals surface area contributed by atoms with Gasteiger partial charge in [0.1, 0.15) is 5.82 Å². The standard InChI is InChI=1S/C21H22FN3OS/c1-2-3-11-26-14-18-10-9-16(12-19(18)22)13-23-25-21-24-20(15-27-21)17-7-5-4-6-8-17/h4-10,12-13,15H,2-3,11,14H2,1H3,(H,24,25). The quantitative estimate of drug-likeness (QED) is 0.292. The van der Waals surface area contributed by atoms with Gasteiger partial charge in [-0.25, -0.2) is 9.37 Å². The predicted molar refractivity (Wildman–Crippen MR) is 110 cm³/mol. The fraction of sp³-hybridized carbons (Fsp3) is 0.238. The normalized spacial score (nSPS) is 11.2. The Hall–Kier alpha value is -2.57. The van der Waals surface area contributed by atoms with Gasteiger partial charge in [0.25, 0.3) is 0 Å². The van der Waals surface area contributed by atoms with E-state index >= 15 is 0 Å². The zero-order valence-electron chi connectivity index (χ0n) is 15.2. The smallest absolute Gasteiger partial charge is 0.203 e. The summed E-state index contributed by atoms with van der Waals surface area (Å²) in [5.74, 6) is -0.281. The molecule has 3 aromatic rings. The summed E-state index contributed by atoms with van der Waals surface area (Å²) in [6, 6.07) is 15.0. The molecule has 27 heavy (non-hydrogen) atoms. The van der Waals surface area contributed by atoms with E-state index in [1.165, 1.54) is 17.4 Å². The Bertz CT molecular complexity index is 880. The lowest BCUT2D eigenvalue weighted by atomic mass is 10.1. The number of anilines is 1. The van der Waals surface area contributed by atoms with Crippen molar-refractivity contribution in [2.75, 3.05) is 12.0 Å². The highest BCUT2D eigenvalue weighted by Gasteiger charge is 2.04. The third kappa shape index (κ3) is 5.70. The summed E-state index contributed by atoms with van der Waals surface area (Å²) in [5, 5.41) is 6.81. The first kappa shape index (κ1) is 19.2. The van der Waals surface area contributed by atoms with Crippen LogP contribution in [0, 0.1) is 5.82 Å². The lowest BCUT2D eigenvalue weighted by molar-refractivity contribution is 0.116. The molecule has 6 heteroatoms. The van der Waals surface area contributed by atoms with Gasteiger partial charge in [-0.2, -0.15) is 5.10 Å². The maximum absolute atomic E-state index is 14.1. The molecule has 3 rings (SSSR count). The molecule has 0 amide bonds. The van der Waals surface area contributed by atoms with Gasteiger partial charge in [0.05, 0.1) is 18.5 Å². The van der Waals surface area contributed by atoms with E-state index in [0.717, 1.165) is 24.1 Å². The van der Waals surface area contributed by atoms with E-state index in [2.05, 4.69) is 22.4 Å². The number of nitrogens with zero attached hydrogens (tertiary/aromatic N) is 2. The van der Waals surface area contributed by atoms with Crippen molar-refractivity contribution in [1.82, 2.24) is 4.98 Å². The van der Waals surface area contributed by atoms with E-state index in [0.29, 0.717) is 29.5 Å². The molecule has 0 aliphatic heterocycles. The number of hydrogen-bond donors (Lipinski definition) is 1. The first-order valence-corrected chi connectivity index (χ1v) is 9.80. The number of halogens is 1. The molecule has 0 saturated heterocycles. The van der Waals surface area contributed by atoms with E-state index in [9.17, 15) is 4.39 Å². The van der Waals surface area contributed by atoms with Crippen LogP contribution in [0.3, 0.4) is 0 Å². The van der Waals surface area contributed by atoms with Gasteiger partial charge in [-0.1, -0.05) is 55.8 Å². The SMILES string of the molecule is CCCCOCc1ccc(C=NNc2nc(-c3ccccc3)cs2)cc1F. The van der Waals surface area contributed by atoms with Crippen molar-refractivity contribution in [3.05, 3.63) is 70.9 Å². The highest BCUT2D eigenvalue weighted by molar-refractivity contribution is 7.14. The zero-order chi connectivity index (χ0) is 18.9. The predicted octanol–water partition coefficient (Wildman–Crippen LogP) is 5.71. The van der Waals surface area contributed by atoms with Gasteiger partial charge in [-0.15, -0.1) is 11.3 Å². The molecule has 0 bridgehead atoms. The number of benzene rings is 2. The van der Waals surface area contributed by atoms with Crippen LogP contribution in [0.4, 0.5) is 9.52 Å². The second kappa shape index (κ2) is 9.94. The monoisotopic (exact) mass is 383 g/mol. The molecule has 2 aromatic carbocycles. The Morgan fingerprint density at radius 1 is 1.22 bits per heavy atom. The van der Waals surface area contributed by atoms with E-state index in [1.54, 1.807) is 12.3 Å². The van der Waals surface area contributed by atoms with E-state index in [-0.39, 0.29) is 5.82 Å². The number of ether oxygens (including phenoxy) is 1. The van der Waals surface area contributed by atoms with Crippen LogP contribution in [0.25, 0.3) is 11.3 Å². The molecule has 0 atom stereocenters. The van der Waals surface area contributed by atoms with E-state index < -0.39 is 0 Å². The Morgan fingerprint density at radius 3 is 2.85 bits per heavy atom. The van der Waals surface area contributed by atoms with Gasteiger partial charge in [-0.3, -0.25) is 5.43 Å². The second-order valence-corrected chi connectivity index (χ2v) is 6.89. The lowest BCUT2D eigenvalue weighted by Gasteiger charge is -2.05. The maximum atomic E-state index is 14.1. The fourth-order valence-electron chi connectivity index (χ4n) is 2.42. The topological polar surface area (TPSA) is 46.5 Å². The average molecular weight is 383 g/mol. The van der Waals surface area contributed by atoms with Crippen LogP contribution in [0.15, 0.2) is 59.0 Å².